The van der Waals surface area contributed by atoms with Gasteiger partial charge in [-0.1, -0.05) is 6.07 Å². The first kappa shape index (κ1) is 14.8. The van der Waals surface area contributed by atoms with Gasteiger partial charge in [0.25, 0.3) is 5.91 Å². The number of carbonyl (C=O) groups excluding carboxylic acids is 3. The molecule has 1 fully saturated rings. The second kappa shape index (κ2) is 6.74. The van der Waals surface area contributed by atoms with Crippen LogP contribution in [-0.4, -0.2) is 37.5 Å². The van der Waals surface area contributed by atoms with Crippen LogP contribution in [0, 0.1) is 0 Å². The molecule has 1 aromatic rings. The van der Waals surface area contributed by atoms with Gasteiger partial charge in [-0.3, -0.25) is 9.59 Å². The first-order valence-electron chi connectivity index (χ1n) is 6.75. The SMILES string of the molecule is CNC(=O)CNC(=O)Nc1cccc(C(=O)NC2CC2)c1. The topological polar surface area (TPSA) is 99.3 Å². The van der Waals surface area contributed by atoms with Crippen molar-refractivity contribution in [2.45, 2.75) is 18.9 Å². The van der Waals surface area contributed by atoms with E-state index in [4.69, 9.17) is 0 Å². The van der Waals surface area contributed by atoms with Crippen LogP contribution in [0.15, 0.2) is 24.3 Å². The van der Waals surface area contributed by atoms with E-state index in [1.165, 1.54) is 7.05 Å². The Labute approximate surface area is 122 Å². The van der Waals surface area contributed by atoms with Crippen LogP contribution in [0.3, 0.4) is 0 Å². The molecule has 0 radical (unpaired) electrons. The summed E-state index contributed by atoms with van der Waals surface area (Å²) < 4.78 is 0. The molecule has 2 rings (SSSR count). The van der Waals surface area contributed by atoms with Crippen molar-refractivity contribution in [3.05, 3.63) is 29.8 Å². The van der Waals surface area contributed by atoms with Crippen molar-refractivity contribution in [3.63, 3.8) is 0 Å². The van der Waals surface area contributed by atoms with Gasteiger partial charge in [0, 0.05) is 24.3 Å². The first-order chi connectivity index (χ1) is 10.1. The molecule has 4 amide bonds. The van der Waals surface area contributed by atoms with Crippen LogP contribution in [-0.2, 0) is 4.79 Å². The summed E-state index contributed by atoms with van der Waals surface area (Å²) in [6, 6.07) is 6.43. The van der Waals surface area contributed by atoms with Crippen LogP contribution in [0.5, 0.6) is 0 Å². The highest BCUT2D eigenvalue weighted by atomic mass is 16.2. The molecule has 0 unspecified atom stereocenters. The Morgan fingerprint density at radius 2 is 2.00 bits per heavy atom. The maximum atomic E-state index is 11.9. The lowest BCUT2D eigenvalue weighted by Gasteiger charge is -2.09. The van der Waals surface area contributed by atoms with Gasteiger partial charge in [-0.15, -0.1) is 0 Å². The van der Waals surface area contributed by atoms with Crippen LogP contribution in [0.1, 0.15) is 23.2 Å². The van der Waals surface area contributed by atoms with E-state index in [9.17, 15) is 14.4 Å². The quantitative estimate of drug-likeness (QED) is 0.633. The lowest BCUT2D eigenvalue weighted by atomic mass is 10.2. The fraction of sp³-hybridized carbons (Fsp3) is 0.357. The summed E-state index contributed by atoms with van der Waals surface area (Å²) in [4.78, 5) is 34.5. The Balaban J connectivity index is 1.89. The van der Waals surface area contributed by atoms with Crippen LogP contribution >= 0.6 is 0 Å². The lowest BCUT2D eigenvalue weighted by molar-refractivity contribution is -0.119. The van der Waals surface area contributed by atoms with Crippen LogP contribution in [0.2, 0.25) is 0 Å². The lowest BCUT2D eigenvalue weighted by Crippen LogP contribution is -2.37. The standard InChI is InChI=1S/C14H18N4O3/c1-15-12(19)8-16-14(21)18-11-4-2-3-9(7-11)13(20)17-10-5-6-10/h2-4,7,10H,5-6,8H2,1H3,(H,15,19)(H,17,20)(H2,16,18,21). The molecule has 1 saturated carbocycles. The number of carbonyl (C=O) groups is 3. The van der Waals surface area contributed by atoms with E-state index in [-0.39, 0.29) is 24.4 Å². The summed E-state index contributed by atoms with van der Waals surface area (Å²) in [6.45, 7) is -0.107. The number of benzene rings is 1. The van der Waals surface area contributed by atoms with Gasteiger partial charge >= 0.3 is 6.03 Å². The van der Waals surface area contributed by atoms with Crippen LogP contribution < -0.4 is 21.3 Å². The fourth-order valence-corrected chi connectivity index (χ4v) is 1.66. The molecule has 4 N–H and O–H groups in total. The van der Waals surface area contributed by atoms with E-state index in [1.807, 2.05) is 0 Å². The maximum Gasteiger partial charge on any atom is 0.319 e. The highest BCUT2D eigenvalue weighted by Gasteiger charge is 2.23. The minimum atomic E-state index is -0.502. The highest BCUT2D eigenvalue weighted by Crippen LogP contribution is 2.20. The van der Waals surface area contributed by atoms with Crippen molar-refractivity contribution < 1.29 is 14.4 Å². The number of amides is 4. The van der Waals surface area contributed by atoms with E-state index in [1.54, 1.807) is 24.3 Å². The van der Waals surface area contributed by atoms with Crippen LogP contribution in [0.4, 0.5) is 10.5 Å². The molecular formula is C14H18N4O3. The predicted octanol–water partition coefficient (Wildman–Crippen LogP) is 0.446. The number of nitrogens with one attached hydrogen (secondary N) is 4. The zero-order valence-electron chi connectivity index (χ0n) is 11.7. The van der Waals surface area contributed by atoms with E-state index in [2.05, 4.69) is 21.3 Å². The molecule has 1 aliphatic rings. The van der Waals surface area contributed by atoms with Gasteiger partial charge in [0.05, 0.1) is 6.54 Å². The minimum Gasteiger partial charge on any atom is -0.358 e. The zero-order chi connectivity index (χ0) is 15.2. The molecule has 0 heterocycles. The van der Waals surface area contributed by atoms with Crippen LogP contribution in [0.25, 0.3) is 0 Å². The molecule has 0 spiro atoms. The minimum absolute atomic E-state index is 0.107. The largest absolute Gasteiger partial charge is 0.358 e. The van der Waals surface area contributed by atoms with Gasteiger partial charge in [0.2, 0.25) is 5.91 Å². The predicted molar refractivity (Wildman–Crippen MR) is 78.0 cm³/mol. The summed E-state index contributed by atoms with van der Waals surface area (Å²) in [6.07, 6.45) is 2.04. The second-order valence-electron chi connectivity index (χ2n) is 4.81. The smallest absolute Gasteiger partial charge is 0.319 e. The van der Waals surface area contributed by atoms with Crippen molar-refractivity contribution in [1.29, 1.82) is 0 Å². The number of rotatable bonds is 5. The molecule has 1 aliphatic carbocycles. The number of anilines is 1. The van der Waals surface area contributed by atoms with Crippen molar-refractivity contribution in [2.75, 3.05) is 18.9 Å². The number of likely N-dealkylation sites (N-methyl/N-ethyl adjacent to an activating group) is 1. The zero-order valence-corrected chi connectivity index (χ0v) is 11.7. The monoisotopic (exact) mass is 290 g/mol. The van der Waals surface area contributed by atoms with E-state index in [0.29, 0.717) is 11.3 Å². The van der Waals surface area contributed by atoms with Gasteiger partial charge in [-0.05, 0) is 31.0 Å². The first-order valence-corrected chi connectivity index (χ1v) is 6.75. The number of urea groups is 1. The third kappa shape index (κ3) is 4.79. The molecule has 112 valence electrons. The van der Waals surface area contributed by atoms with E-state index < -0.39 is 6.03 Å². The van der Waals surface area contributed by atoms with E-state index >= 15 is 0 Å². The fourth-order valence-electron chi connectivity index (χ4n) is 1.66. The molecule has 0 saturated heterocycles. The Kier molecular flexibility index (Phi) is 4.76. The normalized spacial score (nSPS) is 13.2. The van der Waals surface area contributed by atoms with Gasteiger partial charge < -0.3 is 21.3 Å². The van der Waals surface area contributed by atoms with Gasteiger partial charge in [0.1, 0.15) is 0 Å². The maximum absolute atomic E-state index is 11.9. The molecule has 0 aliphatic heterocycles. The summed E-state index contributed by atoms with van der Waals surface area (Å²) >= 11 is 0. The molecule has 0 bridgehead atoms. The molecule has 0 aromatic heterocycles. The summed E-state index contributed by atoms with van der Waals surface area (Å²) in [5.74, 6) is -0.436. The Hall–Kier alpha value is -2.57. The van der Waals surface area contributed by atoms with Crippen molar-refractivity contribution in [1.82, 2.24) is 16.0 Å². The second-order valence-corrected chi connectivity index (χ2v) is 4.81. The van der Waals surface area contributed by atoms with Crippen molar-refractivity contribution in [2.24, 2.45) is 0 Å². The van der Waals surface area contributed by atoms with Crippen molar-refractivity contribution in [3.8, 4) is 0 Å². The average Bonchev–Trinajstić information content (AvgIpc) is 3.29. The molecule has 7 heteroatoms. The average molecular weight is 290 g/mol. The number of hydrogen-bond acceptors (Lipinski definition) is 3. The highest BCUT2D eigenvalue weighted by molar-refractivity contribution is 5.97. The van der Waals surface area contributed by atoms with E-state index in [0.717, 1.165) is 12.8 Å². The Morgan fingerprint density at radius 1 is 1.24 bits per heavy atom. The molecular weight excluding hydrogens is 272 g/mol. The van der Waals surface area contributed by atoms with Gasteiger partial charge in [-0.25, -0.2) is 4.79 Å². The Morgan fingerprint density at radius 3 is 2.67 bits per heavy atom. The summed E-state index contributed by atoms with van der Waals surface area (Å²) in [7, 11) is 1.49. The van der Waals surface area contributed by atoms with Crippen molar-refractivity contribution >= 4 is 23.5 Å². The third-order valence-corrected chi connectivity index (χ3v) is 2.98. The molecule has 7 nitrogen and oxygen atoms in total. The summed E-state index contributed by atoms with van der Waals surface area (Å²) in [5.41, 5.74) is 0.985. The number of hydrogen-bond donors (Lipinski definition) is 4. The third-order valence-electron chi connectivity index (χ3n) is 2.98. The van der Waals surface area contributed by atoms with Gasteiger partial charge in [-0.2, -0.15) is 0 Å². The molecule has 21 heavy (non-hydrogen) atoms. The molecule has 0 atom stereocenters. The van der Waals surface area contributed by atoms with Gasteiger partial charge in [0.15, 0.2) is 0 Å². The molecule has 1 aromatic carbocycles. The Bertz CT molecular complexity index is 555. The summed E-state index contributed by atoms with van der Waals surface area (Å²) in [5, 5.41) is 10.3.